The molecule has 1 heterocycles. The maximum absolute atomic E-state index is 12.8. The van der Waals surface area contributed by atoms with Crippen LogP contribution in [0.5, 0.6) is 0 Å². The van der Waals surface area contributed by atoms with Crippen LogP contribution in [0.15, 0.2) is 24.3 Å². The first-order valence-corrected chi connectivity index (χ1v) is 5.90. The summed E-state index contributed by atoms with van der Waals surface area (Å²) in [6, 6.07) is 5.70. The molecule has 5 nitrogen and oxygen atoms in total. The van der Waals surface area contributed by atoms with Gasteiger partial charge in [0.2, 0.25) is 0 Å². The number of nitrogen functional groups attached to an aromatic ring is 1. The van der Waals surface area contributed by atoms with E-state index in [0.29, 0.717) is 17.9 Å². The van der Waals surface area contributed by atoms with Crippen LogP contribution >= 0.6 is 0 Å². The highest BCUT2D eigenvalue weighted by atomic mass is 19.1. The number of carbonyl (C=O) groups excluding carboxylic acids is 1. The van der Waals surface area contributed by atoms with Gasteiger partial charge in [0.1, 0.15) is 11.5 Å². The molecule has 0 fully saturated rings. The van der Waals surface area contributed by atoms with E-state index in [1.54, 1.807) is 12.1 Å². The van der Waals surface area contributed by atoms with E-state index in [2.05, 4.69) is 10.2 Å². The molecule has 0 unspecified atom stereocenters. The second kappa shape index (κ2) is 5.51. The van der Waals surface area contributed by atoms with Crippen molar-refractivity contribution in [3.63, 3.8) is 0 Å². The average Bonchev–Trinajstić information content (AvgIpc) is 2.79. The first kappa shape index (κ1) is 13.1. The summed E-state index contributed by atoms with van der Waals surface area (Å²) in [5.74, 6) is -0.888. The molecular weight excluding hydrogens is 249 g/mol. The van der Waals surface area contributed by atoms with Crippen molar-refractivity contribution in [2.24, 2.45) is 0 Å². The predicted molar refractivity (Wildman–Crippen MR) is 69.0 cm³/mol. The maximum atomic E-state index is 12.8. The van der Waals surface area contributed by atoms with Crippen molar-refractivity contribution in [3.05, 3.63) is 35.8 Å². The summed E-state index contributed by atoms with van der Waals surface area (Å²) < 4.78 is 17.8. The normalized spacial score (nSPS) is 10.4. The third-order valence-corrected chi connectivity index (χ3v) is 2.56. The molecule has 2 aromatic rings. The molecule has 6 heteroatoms. The molecule has 0 saturated heterocycles. The highest BCUT2D eigenvalue weighted by Crippen LogP contribution is 2.26. The molecular formula is C13H14FN3O2. The SMILES string of the molecule is CCCOC(=O)c1[nH]nc(-c2ccc(F)cc2)c1N. The van der Waals surface area contributed by atoms with Gasteiger partial charge in [-0.3, -0.25) is 5.10 Å². The van der Waals surface area contributed by atoms with E-state index >= 15 is 0 Å². The van der Waals surface area contributed by atoms with E-state index in [0.717, 1.165) is 6.42 Å². The number of carbonyl (C=O) groups is 1. The Morgan fingerprint density at radius 3 is 2.74 bits per heavy atom. The number of benzene rings is 1. The second-order valence-electron chi connectivity index (χ2n) is 4.00. The highest BCUT2D eigenvalue weighted by Gasteiger charge is 2.18. The first-order chi connectivity index (χ1) is 9.13. The number of hydrogen-bond acceptors (Lipinski definition) is 4. The van der Waals surface area contributed by atoms with Crippen LogP contribution < -0.4 is 5.73 Å². The minimum Gasteiger partial charge on any atom is -0.461 e. The number of anilines is 1. The molecule has 0 spiro atoms. The number of H-pyrrole nitrogens is 1. The summed E-state index contributed by atoms with van der Waals surface area (Å²) in [5, 5.41) is 6.52. The Bertz CT molecular complexity index is 578. The molecule has 0 bridgehead atoms. The Kier molecular flexibility index (Phi) is 3.79. The van der Waals surface area contributed by atoms with E-state index in [1.807, 2.05) is 6.92 Å². The highest BCUT2D eigenvalue weighted by molar-refractivity contribution is 5.96. The molecule has 0 aliphatic carbocycles. The van der Waals surface area contributed by atoms with Crippen LogP contribution in [-0.4, -0.2) is 22.8 Å². The van der Waals surface area contributed by atoms with Crippen molar-refractivity contribution in [3.8, 4) is 11.3 Å². The number of halogens is 1. The molecule has 1 aromatic heterocycles. The van der Waals surface area contributed by atoms with Crippen LogP contribution in [0.2, 0.25) is 0 Å². The van der Waals surface area contributed by atoms with Crippen LogP contribution in [0.1, 0.15) is 23.8 Å². The third kappa shape index (κ3) is 2.73. The topological polar surface area (TPSA) is 81.0 Å². The van der Waals surface area contributed by atoms with Gasteiger partial charge in [0.15, 0.2) is 5.69 Å². The van der Waals surface area contributed by atoms with Gasteiger partial charge in [0.25, 0.3) is 0 Å². The first-order valence-electron chi connectivity index (χ1n) is 5.90. The van der Waals surface area contributed by atoms with Crippen molar-refractivity contribution < 1.29 is 13.9 Å². The van der Waals surface area contributed by atoms with E-state index in [-0.39, 0.29) is 17.2 Å². The zero-order chi connectivity index (χ0) is 13.8. The monoisotopic (exact) mass is 263 g/mol. The molecule has 2 rings (SSSR count). The van der Waals surface area contributed by atoms with E-state index in [9.17, 15) is 9.18 Å². The summed E-state index contributed by atoms with van der Waals surface area (Å²) in [6.07, 6.45) is 0.727. The lowest BCUT2D eigenvalue weighted by atomic mass is 10.1. The van der Waals surface area contributed by atoms with E-state index in [4.69, 9.17) is 10.5 Å². The number of nitrogens with zero attached hydrogens (tertiary/aromatic N) is 1. The summed E-state index contributed by atoms with van der Waals surface area (Å²) in [5.41, 5.74) is 7.21. The maximum Gasteiger partial charge on any atom is 0.358 e. The lowest BCUT2D eigenvalue weighted by Crippen LogP contribution is -2.08. The molecule has 0 radical (unpaired) electrons. The van der Waals surface area contributed by atoms with Crippen molar-refractivity contribution in [2.75, 3.05) is 12.3 Å². The molecule has 0 saturated carbocycles. The minimum atomic E-state index is -0.541. The molecule has 0 aliphatic rings. The fraction of sp³-hybridized carbons (Fsp3) is 0.231. The fourth-order valence-electron chi connectivity index (χ4n) is 1.60. The van der Waals surface area contributed by atoms with Crippen LogP contribution in [0.4, 0.5) is 10.1 Å². The molecule has 0 aliphatic heterocycles. The van der Waals surface area contributed by atoms with Crippen LogP contribution in [0.3, 0.4) is 0 Å². The molecule has 1 aromatic carbocycles. The largest absolute Gasteiger partial charge is 0.461 e. The Balaban J connectivity index is 2.27. The smallest absolute Gasteiger partial charge is 0.358 e. The Morgan fingerprint density at radius 1 is 1.42 bits per heavy atom. The average molecular weight is 263 g/mol. The van der Waals surface area contributed by atoms with E-state index < -0.39 is 5.97 Å². The standard InChI is InChI=1S/C13H14FN3O2/c1-2-7-19-13(18)12-10(15)11(16-17-12)8-3-5-9(14)6-4-8/h3-6H,2,7,15H2,1H3,(H,16,17). The van der Waals surface area contributed by atoms with Gasteiger partial charge < -0.3 is 10.5 Å². The second-order valence-corrected chi connectivity index (χ2v) is 4.00. The summed E-state index contributed by atoms with van der Waals surface area (Å²) in [7, 11) is 0. The number of ether oxygens (including phenoxy) is 1. The van der Waals surface area contributed by atoms with Gasteiger partial charge >= 0.3 is 5.97 Å². The van der Waals surface area contributed by atoms with Gasteiger partial charge in [-0.1, -0.05) is 6.92 Å². The predicted octanol–water partition coefficient (Wildman–Crippen LogP) is 2.36. The number of rotatable bonds is 4. The zero-order valence-electron chi connectivity index (χ0n) is 10.4. The Labute approximate surface area is 109 Å². The number of nitrogens with two attached hydrogens (primary N) is 1. The molecule has 3 N–H and O–H groups in total. The van der Waals surface area contributed by atoms with Gasteiger partial charge in [0, 0.05) is 5.56 Å². The van der Waals surface area contributed by atoms with Crippen molar-refractivity contribution in [1.82, 2.24) is 10.2 Å². The summed E-state index contributed by atoms with van der Waals surface area (Å²) in [6.45, 7) is 2.22. The van der Waals surface area contributed by atoms with Crippen LogP contribution in [0.25, 0.3) is 11.3 Å². The van der Waals surface area contributed by atoms with Crippen molar-refractivity contribution >= 4 is 11.7 Å². The minimum absolute atomic E-state index is 0.118. The van der Waals surface area contributed by atoms with Gasteiger partial charge in [0.05, 0.1) is 12.3 Å². The van der Waals surface area contributed by atoms with Crippen LogP contribution in [-0.2, 0) is 4.74 Å². The molecule has 19 heavy (non-hydrogen) atoms. The Morgan fingerprint density at radius 2 is 2.11 bits per heavy atom. The molecule has 100 valence electrons. The van der Waals surface area contributed by atoms with Gasteiger partial charge in [-0.25, -0.2) is 9.18 Å². The van der Waals surface area contributed by atoms with Gasteiger partial charge in [-0.05, 0) is 30.7 Å². The van der Waals surface area contributed by atoms with Gasteiger partial charge in [-0.2, -0.15) is 5.10 Å². The zero-order valence-corrected chi connectivity index (χ0v) is 10.4. The fourth-order valence-corrected chi connectivity index (χ4v) is 1.60. The number of hydrogen-bond donors (Lipinski definition) is 2. The third-order valence-electron chi connectivity index (χ3n) is 2.56. The number of nitrogens with one attached hydrogen (secondary N) is 1. The number of aromatic nitrogens is 2. The molecule has 0 atom stereocenters. The van der Waals surface area contributed by atoms with E-state index in [1.165, 1.54) is 12.1 Å². The van der Waals surface area contributed by atoms with Crippen LogP contribution in [0, 0.1) is 5.82 Å². The van der Waals surface area contributed by atoms with Crippen molar-refractivity contribution in [2.45, 2.75) is 13.3 Å². The molecule has 0 amide bonds. The lowest BCUT2D eigenvalue weighted by Gasteiger charge is -2.02. The lowest BCUT2D eigenvalue weighted by molar-refractivity contribution is 0.0499. The summed E-state index contributed by atoms with van der Waals surface area (Å²) in [4.78, 5) is 11.7. The number of esters is 1. The van der Waals surface area contributed by atoms with Crippen molar-refractivity contribution in [1.29, 1.82) is 0 Å². The quantitative estimate of drug-likeness (QED) is 0.830. The Hall–Kier alpha value is -2.37. The van der Waals surface area contributed by atoms with Gasteiger partial charge in [-0.15, -0.1) is 0 Å². The number of aromatic amines is 1. The summed E-state index contributed by atoms with van der Waals surface area (Å²) >= 11 is 0.